The van der Waals surface area contributed by atoms with E-state index in [0.29, 0.717) is 6.42 Å². The molecule has 0 aliphatic carbocycles. The molecule has 0 radical (unpaired) electrons. The Morgan fingerprint density at radius 3 is 2.69 bits per heavy atom. The Bertz CT molecular complexity index is 314. The van der Waals surface area contributed by atoms with Crippen molar-refractivity contribution in [1.82, 2.24) is 4.98 Å². The fourth-order valence-electron chi connectivity index (χ4n) is 0.933. The first kappa shape index (κ1) is 10.2. The SMILES string of the molecule is CC(C)(C)c1csc(CCC#N)n1. The predicted octanol–water partition coefficient (Wildman–Crippen LogP) is 2.90. The highest BCUT2D eigenvalue weighted by atomic mass is 32.1. The van der Waals surface area contributed by atoms with E-state index in [1.54, 1.807) is 11.3 Å². The quantitative estimate of drug-likeness (QED) is 0.725. The number of nitriles is 1. The smallest absolute Gasteiger partial charge is 0.0938 e. The van der Waals surface area contributed by atoms with E-state index in [1.165, 1.54) is 0 Å². The van der Waals surface area contributed by atoms with Crippen molar-refractivity contribution in [3.63, 3.8) is 0 Å². The average Bonchev–Trinajstić information content (AvgIpc) is 2.47. The van der Waals surface area contributed by atoms with Gasteiger partial charge in [0.2, 0.25) is 0 Å². The van der Waals surface area contributed by atoms with Crippen LogP contribution in [-0.4, -0.2) is 4.98 Å². The van der Waals surface area contributed by atoms with Crippen LogP contribution in [0.4, 0.5) is 0 Å². The first-order valence-electron chi connectivity index (χ1n) is 4.36. The Balaban J connectivity index is 2.71. The molecular weight excluding hydrogens is 180 g/mol. The second kappa shape index (κ2) is 3.89. The molecule has 0 saturated heterocycles. The number of rotatable bonds is 2. The van der Waals surface area contributed by atoms with Crippen molar-refractivity contribution in [2.45, 2.75) is 39.0 Å². The van der Waals surface area contributed by atoms with E-state index in [2.05, 4.69) is 37.2 Å². The fourth-order valence-corrected chi connectivity index (χ4v) is 1.96. The monoisotopic (exact) mass is 194 g/mol. The highest BCUT2D eigenvalue weighted by Crippen LogP contribution is 2.24. The van der Waals surface area contributed by atoms with Crippen LogP contribution in [0.5, 0.6) is 0 Å². The minimum absolute atomic E-state index is 0.126. The molecule has 1 aromatic rings. The first-order valence-corrected chi connectivity index (χ1v) is 5.24. The molecule has 1 aromatic heterocycles. The summed E-state index contributed by atoms with van der Waals surface area (Å²) >= 11 is 1.65. The lowest BCUT2D eigenvalue weighted by Gasteiger charge is -2.14. The molecule has 0 spiro atoms. The number of thiazole rings is 1. The highest BCUT2D eigenvalue weighted by Gasteiger charge is 2.16. The number of aryl methyl sites for hydroxylation is 1. The molecule has 3 heteroatoms. The predicted molar refractivity (Wildman–Crippen MR) is 54.7 cm³/mol. The molecule has 0 bridgehead atoms. The van der Waals surface area contributed by atoms with Gasteiger partial charge >= 0.3 is 0 Å². The third-order valence-corrected chi connectivity index (χ3v) is 2.68. The fraction of sp³-hybridized carbons (Fsp3) is 0.600. The van der Waals surface area contributed by atoms with Crippen LogP contribution in [0.2, 0.25) is 0 Å². The molecule has 13 heavy (non-hydrogen) atoms. The zero-order chi connectivity index (χ0) is 9.90. The lowest BCUT2D eigenvalue weighted by molar-refractivity contribution is 0.571. The molecule has 0 unspecified atom stereocenters. The largest absolute Gasteiger partial charge is 0.246 e. The topological polar surface area (TPSA) is 36.7 Å². The van der Waals surface area contributed by atoms with Gasteiger partial charge in [0.05, 0.1) is 16.8 Å². The van der Waals surface area contributed by atoms with Crippen LogP contribution in [-0.2, 0) is 11.8 Å². The van der Waals surface area contributed by atoms with Gasteiger partial charge in [0.1, 0.15) is 0 Å². The molecule has 0 aliphatic heterocycles. The van der Waals surface area contributed by atoms with Gasteiger partial charge in [0, 0.05) is 23.6 Å². The zero-order valence-electron chi connectivity index (χ0n) is 8.29. The molecule has 70 valence electrons. The molecule has 0 amide bonds. The van der Waals surface area contributed by atoms with Gasteiger partial charge in [0.15, 0.2) is 0 Å². The third-order valence-electron chi connectivity index (χ3n) is 1.77. The van der Waals surface area contributed by atoms with E-state index in [4.69, 9.17) is 5.26 Å². The lowest BCUT2D eigenvalue weighted by atomic mass is 9.93. The zero-order valence-corrected chi connectivity index (χ0v) is 9.11. The van der Waals surface area contributed by atoms with Gasteiger partial charge in [-0.2, -0.15) is 5.26 Å². The third kappa shape index (κ3) is 2.82. The maximum atomic E-state index is 8.42. The van der Waals surface area contributed by atoms with Crippen LogP contribution >= 0.6 is 11.3 Å². The van der Waals surface area contributed by atoms with Crippen molar-refractivity contribution in [1.29, 1.82) is 5.26 Å². The summed E-state index contributed by atoms with van der Waals surface area (Å²) in [6.45, 7) is 6.45. The van der Waals surface area contributed by atoms with Crippen molar-refractivity contribution < 1.29 is 0 Å². The number of hydrogen-bond donors (Lipinski definition) is 0. The van der Waals surface area contributed by atoms with Crippen molar-refractivity contribution in [3.05, 3.63) is 16.1 Å². The standard InChI is InChI=1S/C10H14N2S/c1-10(2,3)8-7-13-9(12-8)5-4-6-11/h7H,4-5H2,1-3H3. The van der Waals surface area contributed by atoms with Crippen LogP contribution in [0, 0.1) is 11.3 Å². The van der Waals surface area contributed by atoms with Crippen LogP contribution < -0.4 is 0 Å². The molecule has 0 aromatic carbocycles. The Morgan fingerprint density at radius 2 is 2.23 bits per heavy atom. The van der Waals surface area contributed by atoms with Crippen molar-refractivity contribution in [2.75, 3.05) is 0 Å². The van der Waals surface area contributed by atoms with Crippen LogP contribution in [0.1, 0.15) is 37.9 Å². The maximum Gasteiger partial charge on any atom is 0.0938 e. The Hall–Kier alpha value is -0.880. The normalized spacial score (nSPS) is 11.2. The summed E-state index contributed by atoms with van der Waals surface area (Å²) in [5.41, 5.74) is 1.26. The van der Waals surface area contributed by atoms with E-state index >= 15 is 0 Å². The minimum Gasteiger partial charge on any atom is -0.246 e. The summed E-state index contributed by atoms with van der Waals surface area (Å²) in [6.07, 6.45) is 1.36. The molecule has 1 rings (SSSR count). The van der Waals surface area contributed by atoms with Crippen LogP contribution in [0.3, 0.4) is 0 Å². The van der Waals surface area contributed by atoms with Gasteiger partial charge in [-0.25, -0.2) is 4.98 Å². The summed E-state index contributed by atoms with van der Waals surface area (Å²) in [6, 6.07) is 2.13. The molecular formula is C10H14N2S. The minimum atomic E-state index is 0.126. The molecule has 0 atom stereocenters. The van der Waals surface area contributed by atoms with Gasteiger partial charge < -0.3 is 0 Å². The van der Waals surface area contributed by atoms with Gasteiger partial charge in [-0.3, -0.25) is 0 Å². The number of nitrogens with zero attached hydrogens (tertiary/aromatic N) is 2. The van der Waals surface area contributed by atoms with E-state index in [-0.39, 0.29) is 5.41 Å². The van der Waals surface area contributed by atoms with E-state index in [1.807, 2.05) is 0 Å². The summed E-state index contributed by atoms with van der Waals surface area (Å²) in [5, 5.41) is 11.6. The average molecular weight is 194 g/mol. The Kier molecular flexibility index (Phi) is 3.05. The van der Waals surface area contributed by atoms with Crippen LogP contribution in [0.25, 0.3) is 0 Å². The molecule has 0 aliphatic rings. The Morgan fingerprint density at radius 1 is 1.54 bits per heavy atom. The second-order valence-corrected chi connectivity index (χ2v) is 4.98. The van der Waals surface area contributed by atoms with Crippen LogP contribution in [0.15, 0.2) is 5.38 Å². The second-order valence-electron chi connectivity index (χ2n) is 4.03. The van der Waals surface area contributed by atoms with Crippen molar-refractivity contribution in [2.24, 2.45) is 0 Å². The van der Waals surface area contributed by atoms with Gasteiger partial charge in [-0.1, -0.05) is 20.8 Å². The lowest BCUT2D eigenvalue weighted by Crippen LogP contribution is -2.11. The van der Waals surface area contributed by atoms with E-state index in [0.717, 1.165) is 17.1 Å². The molecule has 0 N–H and O–H groups in total. The van der Waals surface area contributed by atoms with Crippen molar-refractivity contribution >= 4 is 11.3 Å². The first-order chi connectivity index (χ1) is 6.04. The molecule has 0 saturated carbocycles. The summed E-state index contributed by atoms with van der Waals surface area (Å²) in [7, 11) is 0. The number of hydrogen-bond acceptors (Lipinski definition) is 3. The van der Waals surface area contributed by atoms with Crippen molar-refractivity contribution in [3.8, 4) is 6.07 Å². The van der Waals surface area contributed by atoms with E-state index in [9.17, 15) is 0 Å². The van der Waals surface area contributed by atoms with E-state index < -0.39 is 0 Å². The molecule has 2 nitrogen and oxygen atoms in total. The summed E-state index contributed by atoms with van der Waals surface area (Å²) in [5.74, 6) is 0. The van der Waals surface area contributed by atoms with Gasteiger partial charge in [-0.15, -0.1) is 11.3 Å². The summed E-state index contributed by atoms with van der Waals surface area (Å²) < 4.78 is 0. The van der Waals surface area contributed by atoms with Gasteiger partial charge in [-0.05, 0) is 0 Å². The summed E-state index contributed by atoms with van der Waals surface area (Å²) in [4.78, 5) is 4.49. The Labute approximate surface area is 83.2 Å². The molecule has 1 heterocycles. The van der Waals surface area contributed by atoms with Gasteiger partial charge in [0.25, 0.3) is 0 Å². The maximum absolute atomic E-state index is 8.42. The highest BCUT2D eigenvalue weighted by molar-refractivity contribution is 7.09. The molecule has 0 fully saturated rings. The number of aromatic nitrogens is 1.